The monoisotopic (exact) mass is 819 g/mol. The number of unbranched alkanes of at least 4 members (excludes halogenated alkanes) is 33. The molecule has 1 fully saturated rings. The highest BCUT2D eigenvalue weighted by Crippen LogP contribution is 2.48. The Balaban J connectivity index is 1.76. The lowest BCUT2D eigenvalue weighted by Gasteiger charge is -2.22. The highest BCUT2D eigenvalue weighted by Gasteiger charge is 2.39. The fourth-order valence-electron chi connectivity index (χ4n) is 10.1. The topological polar surface area (TPSA) is 66.8 Å². The van der Waals surface area contributed by atoms with Crippen molar-refractivity contribution in [3.05, 3.63) is 0 Å². The van der Waals surface area contributed by atoms with Crippen LogP contribution in [-0.4, -0.2) is 35.5 Å². The number of carboxylic acids is 1. The molecule has 0 amide bonds. The largest absolute Gasteiger partial charge is 0.481 e. The first kappa shape index (κ1) is 55.4. The first-order chi connectivity index (χ1) is 28.4. The minimum Gasteiger partial charge on any atom is -0.481 e. The number of methoxy groups -OCH3 is 1. The molecule has 4 nitrogen and oxygen atoms in total. The second kappa shape index (κ2) is 41.7. The van der Waals surface area contributed by atoms with Crippen LogP contribution < -0.4 is 0 Å². The van der Waals surface area contributed by atoms with Gasteiger partial charge >= 0.3 is 5.97 Å². The molecule has 0 heterocycles. The van der Waals surface area contributed by atoms with E-state index in [0.717, 1.165) is 36.5 Å². The number of aliphatic carboxylic acids is 1. The van der Waals surface area contributed by atoms with Gasteiger partial charge < -0.3 is 14.9 Å². The number of hydrogen-bond acceptors (Lipinski definition) is 3. The molecular formula is C54H106O4. The molecule has 1 rings (SSSR count). The van der Waals surface area contributed by atoms with Crippen LogP contribution in [0.3, 0.4) is 0 Å². The first-order valence-corrected chi connectivity index (χ1v) is 26.8. The van der Waals surface area contributed by atoms with Gasteiger partial charge in [0, 0.05) is 7.11 Å². The van der Waals surface area contributed by atoms with Gasteiger partial charge in [-0.25, -0.2) is 0 Å². The lowest BCUT2D eigenvalue weighted by Crippen LogP contribution is -2.20. The zero-order valence-electron chi connectivity index (χ0n) is 40.1. The van der Waals surface area contributed by atoms with Crippen molar-refractivity contribution in [2.75, 3.05) is 7.11 Å². The molecule has 0 unspecified atom stereocenters. The van der Waals surface area contributed by atoms with Gasteiger partial charge in [-0.2, -0.15) is 0 Å². The van der Waals surface area contributed by atoms with E-state index in [4.69, 9.17) is 9.84 Å². The number of carboxylic acid groups (broad SMARTS) is 1. The second-order valence-electron chi connectivity index (χ2n) is 20.0. The minimum absolute atomic E-state index is 0.113. The average Bonchev–Trinajstić information content (AvgIpc) is 3.99. The molecule has 58 heavy (non-hydrogen) atoms. The molecule has 0 spiro atoms. The summed E-state index contributed by atoms with van der Waals surface area (Å²) in [5.41, 5.74) is 0. The fraction of sp³-hybridized carbons (Fsp3) is 0.981. The van der Waals surface area contributed by atoms with Crippen LogP contribution in [0.2, 0.25) is 0 Å². The Morgan fingerprint density at radius 3 is 1.24 bits per heavy atom. The molecular weight excluding hydrogens is 713 g/mol. The van der Waals surface area contributed by atoms with E-state index in [1.165, 1.54) is 250 Å². The summed E-state index contributed by atoms with van der Waals surface area (Å²) in [6.07, 6.45) is 57.8. The molecule has 1 saturated carbocycles. The fourth-order valence-corrected chi connectivity index (χ4v) is 10.1. The Labute approximate surface area is 364 Å². The van der Waals surface area contributed by atoms with Crippen molar-refractivity contribution in [3.8, 4) is 0 Å². The molecule has 0 aromatic rings. The van der Waals surface area contributed by atoms with Crippen molar-refractivity contribution in [1.29, 1.82) is 0 Å². The summed E-state index contributed by atoms with van der Waals surface area (Å²) in [6, 6.07) is 0. The molecule has 0 aromatic carbocycles. The van der Waals surface area contributed by atoms with Gasteiger partial charge in [0.05, 0.1) is 18.6 Å². The van der Waals surface area contributed by atoms with Gasteiger partial charge in [-0.3, -0.25) is 4.79 Å². The van der Waals surface area contributed by atoms with E-state index in [0.29, 0.717) is 12.5 Å². The van der Waals surface area contributed by atoms with Crippen LogP contribution in [0.25, 0.3) is 0 Å². The summed E-state index contributed by atoms with van der Waals surface area (Å²) in [4.78, 5) is 10.6. The summed E-state index contributed by atoms with van der Waals surface area (Å²) in [7, 11) is 1.93. The van der Waals surface area contributed by atoms with Gasteiger partial charge in [-0.05, 0) is 49.4 Å². The van der Waals surface area contributed by atoms with E-state index in [1.54, 1.807) is 0 Å². The van der Waals surface area contributed by atoms with E-state index in [-0.39, 0.29) is 6.42 Å². The molecule has 0 bridgehead atoms. The smallest absolute Gasteiger partial charge is 0.305 e. The maximum absolute atomic E-state index is 10.6. The van der Waals surface area contributed by atoms with Gasteiger partial charge in [0.2, 0.25) is 0 Å². The maximum Gasteiger partial charge on any atom is 0.305 e. The van der Waals surface area contributed by atoms with E-state index >= 15 is 0 Å². The number of aliphatic hydroxyl groups is 1. The number of hydrogen-bond donors (Lipinski definition) is 2. The van der Waals surface area contributed by atoms with Gasteiger partial charge in [0.25, 0.3) is 0 Å². The van der Waals surface area contributed by atoms with E-state index in [1.807, 2.05) is 7.11 Å². The Hall–Kier alpha value is -0.610. The third-order valence-electron chi connectivity index (χ3n) is 14.3. The Kier molecular flexibility index (Phi) is 39.9. The third kappa shape index (κ3) is 36.1. The van der Waals surface area contributed by atoms with Crippen molar-refractivity contribution in [3.63, 3.8) is 0 Å². The Morgan fingerprint density at radius 2 is 0.845 bits per heavy atom. The van der Waals surface area contributed by atoms with E-state index in [9.17, 15) is 9.90 Å². The van der Waals surface area contributed by atoms with Crippen LogP contribution in [-0.2, 0) is 9.53 Å². The van der Waals surface area contributed by atoms with E-state index in [2.05, 4.69) is 20.8 Å². The highest BCUT2D eigenvalue weighted by atomic mass is 16.5. The lowest BCUT2D eigenvalue weighted by molar-refractivity contribution is -0.139. The number of ether oxygens (including phenoxy) is 1. The van der Waals surface area contributed by atoms with Crippen LogP contribution in [0, 0.1) is 23.7 Å². The lowest BCUT2D eigenvalue weighted by atomic mass is 9.93. The maximum atomic E-state index is 10.6. The normalized spacial score (nSPS) is 17.4. The molecule has 0 radical (unpaired) electrons. The predicted octanol–water partition coefficient (Wildman–Crippen LogP) is 17.8. The van der Waals surface area contributed by atoms with Crippen molar-refractivity contribution in [2.45, 2.75) is 309 Å². The second-order valence-corrected chi connectivity index (χ2v) is 20.0. The summed E-state index contributed by atoms with van der Waals surface area (Å²) in [5, 5.41) is 18.3. The third-order valence-corrected chi connectivity index (χ3v) is 14.3. The summed E-state index contributed by atoms with van der Waals surface area (Å²) < 4.78 is 5.89. The van der Waals surface area contributed by atoms with E-state index < -0.39 is 12.1 Å². The van der Waals surface area contributed by atoms with Crippen LogP contribution in [0.15, 0.2) is 0 Å². The van der Waals surface area contributed by atoms with Crippen molar-refractivity contribution in [1.82, 2.24) is 0 Å². The Bertz CT molecular complexity index is 845. The summed E-state index contributed by atoms with van der Waals surface area (Å²) in [6.45, 7) is 7.28. The zero-order valence-corrected chi connectivity index (χ0v) is 40.1. The molecule has 2 N–H and O–H groups in total. The molecule has 1 aliphatic carbocycles. The Morgan fingerprint density at radius 1 is 0.500 bits per heavy atom. The predicted molar refractivity (Wildman–Crippen MR) is 254 cm³/mol. The summed E-state index contributed by atoms with van der Waals surface area (Å²) in [5.74, 6) is 2.92. The van der Waals surface area contributed by atoms with Crippen LogP contribution >= 0.6 is 0 Å². The first-order valence-electron chi connectivity index (χ1n) is 26.8. The molecule has 346 valence electrons. The molecule has 4 heteroatoms. The number of carbonyl (C=O) groups is 1. The van der Waals surface area contributed by atoms with Crippen LogP contribution in [0.4, 0.5) is 0 Å². The molecule has 0 aliphatic heterocycles. The van der Waals surface area contributed by atoms with Crippen molar-refractivity contribution >= 4 is 5.97 Å². The molecule has 0 saturated heterocycles. The standard InChI is InChI=1S/C54H106O4/c1-5-6-7-8-31-37-42-49(3)53(58-4)45-40-35-30-26-22-18-14-13-15-19-23-27-32-36-41-48(2)52-46-50(52)43-38-33-28-24-20-16-11-9-10-12-17-21-25-29-34-39-44-51(55)47-54(56)57/h48-53,55H,5-47H2,1-4H3,(H,56,57)/t48-,49-,50-,51+,52+,53-/m0/s1. The summed E-state index contributed by atoms with van der Waals surface area (Å²) >= 11 is 0. The van der Waals surface area contributed by atoms with Crippen molar-refractivity contribution in [2.24, 2.45) is 23.7 Å². The number of aliphatic hydroxyl groups excluding tert-OH is 1. The van der Waals surface area contributed by atoms with Gasteiger partial charge in [0.1, 0.15) is 0 Å². The average molecular weight is 819 g/mol. The van der Waals surface area contributed by atoms with Gasteiger partial charge in [0.15, 0.2) is 0 Å². The van der Waals surface area contributed by atoms with Gasteiger partial charge in [-0.15, -0.1) is 0 Å². The quantitative estimate of drug-likeness (QED) is 0.0600. The number of rotatable bonds is 48. The SMILES string of the molecule is CCCCCCCC[C@H](C)[C@H](CCCCCCCCCCCCCCCC[C@H](C)[C@H]1C[C@@H]1CCCCCCCCCCCCCCCCCC[C@@H](O)CC(=O)O)OC. The van der Waals surface area contributed by atoms with Crippen LogP contribution in [0.1, 0.15) is 297 Å². The zero-order chi connectivity index (χ0) is 42.2. The highest BCUT2D eigenvalue weighted by molar-refractivity contribution is 5.67. The van der Waals surface area contributed by atoms with Crippen LogP contribution in [0.5, 0.6) is 0 Å². The van der Waals surface area contributed by atoms with Gasteiger partial charge in [-0.1, -0.05) is 265 Å². The van der Waals surface area contributed by atoms with Crippen molar-refractivity contribution < 1.29 is 19.7 Å². The minimum atomic E-state index is -0.899. The molecule has 6 atom stereocenters. The molecule has 0 aromatic heterocycles. The molecule has 1 aliphatic rings.